The lowest BCUT2D eigenvalue weighted by Gasteiger charge is -2.29. The molecule has 0 aromatic carbocycles. The second-order valence-corrected chi connectivity index (χ2v) is 4.64. The number of hydrogen-bond acceptors (Lipinski definition) is 5. The van der Waals surface area contributed by atoms with Crippen molar-refractivity contribution in [3.05, 3.63) is 12.0 Å². The summed E-state index contributed by atoms with van der Waals surface area (Å²) in [7, 11) is 1.97. The van der Waals surface area contributed by atoms with Crippen LogP contribution >= 0.6 is 0 Å². The predicted octanol–water partition coefficient (Wildman–Crippen LogP) is 2.62. The lowest BCUT2D eigenvalue weighted by atomic mass is 9.95. The summed E-state index contributed by atoms with van der Waals surface area (Å²) in [5.74, 6) is -0.426. The molecule has 5 heteroatoms. The van der Waals surface area contributed by atoms with E-state index in [1.54, 1.807) is 6.92 Å². The maximum absolute atomic E-state index is 11.5. The van der Waals surface area contributed by atoms with Gasteiger partial charge in [-0.2, -0.15) is 4.98 Å². The van der Waals surface area contributed by atoms with Crippen molar-refractivity contribution in [1.29, 1.82) is 0 Å². The van der Waals surface area contributed by atoms with E-state index in [4.69, 9.17) is 9.15 Å². The van der Waals surface area contributed by atoms with E-state index in [0.717, 1.165) is 12.8 Å². The third-order valence-electron chi connectivity index (χ3n) is 3.40. The number of anilines is 1. The third-order valence-corrected chi connectivity index (χ3v) is 3.40. The minimum absolute atomic E-state index is 0.245. The first kappa shape index (κ1) is 12.9. The SMILES string of the molecule is CCOC(=O)c1coc(N(C)C2CCCCC2)n1. The summed E-state index contributed by atoms with van der Waals surface area (Å²) in [6, 6.07) is 0.970. The van der Waals surface area contributed by atoms with E-state index in [1.165, 1.54) is 25.5 Å². The fourth-order valence-electron chi connectivity index (χ4n) is 2.35. The Morgan fingerprint density at radius 3 is 2.89 bits per heavy atom. The molecule has 1 aliphatic rings. The standard InChI is InChI=1S/C13H20N2O3/c1-3-17-12(16)11-9-18-13(14-11)15(2)10-7-5-4-6-8-10/h9-10H,3-8H2,1-2H3. The molecule has 0 atom stereocenters. The number of esters is 1. The molecule has 100 valence electrons. The van der Waals surface area contributed by atoms with Crippen LogP contribution in [0.2, 0.25) is 0 Å². The maximum Gasteiger partial charge on any atom is 0.360 e. The number of rotatable bonds is 4. The second-order valence-electron chi connectivity index (χ2n) is 4.64. The highest BCUT2D eigenvalue weighted by atomic mass is 16.5. The van der Waals surface area contributed by atoms with Crippen LogP contribution in [-0.4, -0.2) is 30.6 Å². The Hall–Kier alpha value is -1.52. The molecule has 0 N–H and O–H groups in total. The summed E-state index contributed by atoms with van der Waals surface area (Å²) in [6.07, 6.45) is 7.50. The number of nitrogens with zero attached hydrogens (tertiary/aromatic N) is 2. The van der Waals surface area contributed by atoms with E-state index < -0.39 is 5.97 Å². The van der Waals surface area contributed by atoms with Gasteiger partial charge < -0.3 is 14.1 Å². The van der Waals surface area contributed by atoms with E-state index in [0.29, 0.717) is 18.7 Å². The van der Waals surface area contributed by atoms with Crippen molar-refractivity contribution < 1.29 is 13.9 Å². The molecule has 1 heterocycles. The smallest absolute Gasteiger partial charge is 0.360 e. The molecule has 1 aromatic heterocycles. The maximum atomic E-state index is 11.5. The van der Waals surface area contributed by atoms with Crippen LogP contribution < -0.4 is 4.90 Å². The fraction of sp³-hybridized carbons (Fsp3) is 0.692. The minimum Gasteiger partial charge on any atom is -0.461 e. The molecule has 1 aliphatic carbocycles. The van der Waals surface area contributed by atoms with Crippen LogP contribution in [0, 0.1) is 0 Å². The number of carbonyl (C=O) groups is 1. The molecule has 0 radical (unpaired) electrons. The summed E-state index contributed by atoms with van der Waals surface area (Å²) in [6.45, 7) is 2.12. The molecule has 0 bridgehead atoms. The van der Waals surface area contributed by atoms with Crippen molar-refractivity contribution in [3.63, 3.8) is 0 Å². The van der Waals surface area contributed by atoms with Crippen LogP contribution in [0.25, 0.3) is 0 Å². The van der Waals surface area contributed by atoms with Gasteiger partial charge in [-0.05, 0) is 19.8 Å². The van der Waals surface area contributed by atoms with Gasteiger partial charge >= 0.3 is 5.97 Å². The van der Waals surface area contributed by atoms with Gasteiger partial charge in [0.2, 0.25) is 0 Å². The van der Waals surface area contributed by atoms with Crippen molar-refractivity contribution in [3.8, 4) is 0 Å². The molecule has 0 unspecified atom stereocenters. The Labute approximate surface area is 107 Å². The summed E-state index contributed by atoms with van der Waals surface area (Å²) in [5, 5.41) is 0. The summed E-state index contributed by atoms with van der Waals surface area (Å²) in [5.41, 5.74) is 0.245. The monoisotopic (exact) mass is 252 g/mol. The number of aromatic nitrogens is 1. The molecular weight excluding hydrogens is 232 g/mol. The summed E-state index contributed by atoms with van der Waals surface area (Å²) >= 11 is 0. The summed E-state index contributed by atoms with van der Waals surface area (Å²) < 4.78 is 10.2. The van der Waals surface area contributed by atoms with Crippen molar-refractivity contribution in [1.82, 2.24) is 4.98 Å². The quantitative estimate of drug-likeness (QED) is 0.771. The van der Waals surface area contributed by atoms with Gasteiger partial charge in [-0.15, -0.1) is 0 Å². The highest BCUT2D eigenvalue weighted by Crippen LogP contribution is 2.25. The van der Waals surface area contributed by atoms with Gasteiger partial charge in [-0.3, -0.25) is 0 Å². The van der Waals surface area contributed by atoms with E-state index in [2.05, 4.69) is 4.98 Å². The molecular formula is C13H20N2O3. The average molecular weight is 252 g/mol. The topological polar surface area (TPSA) is 55.6 Å². The molecule has 5 nitrogen and oxygen atoms in total. The van der Waals surface area contributed by atoms with Gasteiger partial charge in [-0.25, -0.2) is 4.79 Å². The number of ether oxygens (including phenoxy) is 1. The first-order valence-corrected chi connectivity index (χ1v) is 6.58. The van der Waals surface area contributed by atoms with Crippen LogP contribution in [-0.2, 0) is 4.74 Å². The zero-order valence-electron chi connectivity index (χ0n) is 11.0. The van der Waals surface area contributed by atoms with Gasteiger partial charge in [0.15, 0.2) is 5.69 Å². The van der Waals surface area contributed by atoms with Crippen molar-refractivity contribution in [2.45, 2.75) is 45.1 Å². The minimum atomic E-state index is -0.426. The van der Waals surface area contributed by atoms with E-state index in [1.807, 2.05) is 11.9 Å². The highest BCUT2D eigenvalue weighted by molar-refractivity contribution is 5.87. The van der Waals surface area contributed by atoms with Crippen LogP contribution in [0.3, 0.4) is 0 Å². The molecule has 0 aliphatic heterocycles. The Kier molecular flexibility index (Phi) is 4.23. The van der Waals surface area contributed by atoms with Crippen molar-refractivity contribution in [2.24, 2.45) is 0 Å². The van der Waals surface area contributed by atoms with Crippen LogP contribution in [0.5, 0.6) is 0 Å². The van der Waals surface area contributed by atoms with E-state index in [-0.39, 0.29) is 5.69 Å². The lowest BCUT2D eigenvalue weighted by molar-refractivity contribution is 0.0519. The first-order valence-electron chi connectivity index (χ1n) is 6.58. The average Bonchev–Trinajstić information content (AvgIpc) is 2.89. The zero-order valence-corrected chi connectivity index (χ0v) is 11.0. The first-order chi connectivity index (χ1) is 8.72. The Morgan fingerprint density at radius 1 is 1.50 bits per heavy atom. The Bertz CT molecular complexity index is 397. The van der Waals surface area contributed by atoms with Gasteiger partial charge in [0.05, 0.1) is 6.61 Å². The van der Waals surface area contributed by atoms with Crippen molar-refractivity contribution >= 4 is 12.0 Å². The summed E-state index contributed by atoms with van der Waals surface area (Å²) in [4.78, 5) is 17.7. The number of oxazole rings is 1. The Morgan fingerprint density at radius 2 is 2.22 bits per heavy atom. The van der Waals surface area contributed by atoms with Gasteiger partial charge in [0.25, 0.3) is 6.01 Å². The van der Waals surface area contributed by atoms with Crippen molar-refractivity contribution in [2.75, 3.05) is 18.6 Å². The lowest BCUT2D eigenvalue weighted by Crippen LogP contribution is -2.33. The molecule has 1 aromatic rings. The van der Waals surface area contributed by atoms with E-state index >= 15 is 0 Å². The largest absolute Gasteiger partial charge is 0.461 e. The third kappa shape index (κ3) is 2.83. The number of hydrogen-bond donors (Lipinski definition) is 0. The van der Waals surface area contributed by atoms with Gasteiger partial charge in [-0.1, -0.05) is 19.3 Å². The van der Waals surface area contributed by atoms with Crippen LogP contribution in [0.15, 0.2) is 10.7 Å². The zero-order chi connectivity index (χ0) is 13.0. The molecule has 0 spiro atoms. The fourth-order valence-corrected chi connectivity index (χ4v) is 2.35. The molecule has 0 amide bonds. The second kappa shape index (κ2) is 5.89. The highest BCUT2D eigenvalue weighted by Gasteiger charge is 2.23. The van der Waals surface area contributed by atoms with Crippen LogP contribution in [0.1, 0.15) is 49.5 Å². The molecule has 2 rings (SSSR count). The number of carbonyl (C=O) groups excluding carboxylic acids is 1. The molecule has 1 saturated carbocycles. The van der Waals surface area contributed by atoms with E-state index in [9.17, 15) is 4.79 Å². The predicted molar refractivity (Wildman–Crippen MR) is 67.7 cm³/mol. The normalized spacial score (nSPS) is 16.6. The van der Waals surface area contributed by atoms with Gasteiger partial charge in [0, 0.05) is 13.1 Å². The van der Waals surface area contributed by atoms with Crippen LogP contribution in [0.4, 0.5) is 6.01 Å². The Balaban J connectivity index is 2.02. The molecule has 18 heavy (non-hydrogen) atoms. The molecule has 1 fully saturated rings. The molecule has 0 saturated heterocycles. The van der Waals surface area contributed by atoms with Gasteiger partial charge in [0.1, 0.15) is 6.26 Å².